The molecule has 0 aromatic carbocycles. The van der Waals surface area contributed by atoms with Crippen molar-refractivity contribution in [3.8, 4) is 0 Å². The van der Waals surface area contributed by atoms with Crippen LogP contribution in [0.4, 0.5) is 0 Å². The summed E-state index contributed by atoms with van der Waals surface area (Å²) in [4.78, 5) is 2.43. The number of rotatable bonds is 0. The Bertz CT molecular complexity index is 112. The summed E-state index contributed by atoms with van der Waals surface area (Å²) < 4.78 is 0. The van der Waals surface area contributed by atoms with Gasteiger partial charge < -0.3 is 10.6 Å². The second-order valence-electron chi connectivity index (χ2n) is 3.97. The van der Waals surface area contributed by atoms with Gasteiger partial charge in [-0.2, -0.15) is 0 Å². The Morgan fingerprint density at radius 2 is 1.64 bits per heavy atom. The molecule has 2 N–H and O–H groups in total. The third kappa shape index (κ3) is 1.68. The van der Waals surface area contributed by atoms with Gasteiger partial charge in [-0.1, -0.05) is 0 Å². The quantitative estimate of drug-likeness (QED) is 0.589. The summed E-state index contributed by atoms with van der Waals surface area (Å²) in [6.07, 6.45) is 2.55. The van der Waals surface area contributed by atoms with Crippen LogP contribution in [0.2, 0.25) is 0 Å². The first-order valence-electron chi connectivity index (χ1n) is 4.20. The summed E-state index contributed by atoms with van der Waals surface area (Å²) in [7, 11) is 2.21. The van der Waals surface area contributed by atoms with E-state index in [0.29, 0.717) is 6.04 Å². The molecule has 0 aromatic heterocycles. The third-order valence-electron chi connectivity index (χ3n) is 2.97. The molecule has 2 nitrogen and oxygen atoms in total. The lowest BCUT2D eigenvalue weighted by molar-refractivity contribution is 0.371. The van der Waals surface area contributed by atoms with Crippen molar-refractivity contribution in [1.29, 1.82) is 0 Å². The Hall–Kier alpha value is 0.210. The monoisotopic (exact) mass is 176 g/mol. The zero-order chi connectivity index (χ0) is 7.14. The minimum Gasteiger partial charge on any atom is -0.328 e. The molecule has 1 aliphatic carbocycles. The Labute approximate surface area is 74.5 Å². The van der Waals surface area contributed by atoms with Crippen molar-refractivity contribution in [2.45, 2.75) is 18.9 Å². The summed E-state index contributed by atoms with van der Waals surface area (Å²) in [6.45, 7) is 2.58. The maximum atomic E-state index is 5.85. The van der Waals surface area contributed by atoms with Gasteiger partial charge in [-0.15, -0.1) is 12.4 Å². The van der Waals surface area contributed by atoms with Crippen LogP contribution >= 0.6 is 12.4 Å². The highest BCUT2D eigenvalue weighted by molar-refractivity contribution is 5.85. The Morgan fingerprint density at radius 3 is 2.09 bits per heavy atom. The summed E-state index contributed by atoms with van der Waals surface area (Å²) in [5.74, 6) is 1.86. The molecule has 0 bridgehead atoms. The second kappa shape index (κ2) is 3.30. The lowest BCUT2D eigenvalue weighted by atomic mass is 10.0. The molecule has 2 fully saturated rings. The number of hydrogen-bond donors (Lipinski definition) is 1. The van der Waals surface area contributed by atoms with Crippen LogP contribution in [0.3, 0.4) is 0 Å². The smallest absolute Gasteiger partial charge is 0.00452 e. The van der Waals surface area contributed by atoms with E-state index in [2.05, 4.69) is 11.9 Å². The lowest BCUT2D eigenvalue weighted by Gasteiger charge is -2.09. The van der Waals surface area contributed by atoms with Crippen molar-refractivity contribution in [1.82, 2.24) is 4.90 Å². The second-order valence-corrected chi connectivity index (χ2v) is 3.97. The average molecular weight is 177 g/mol. The maximum absolute atomic E-state index is 5.85. The Kier molecular flexibility index (Phi) is 2.79. The van der Waals surface area contributed by atoms with Crippen LogP contribution in [-0.2, 0) is 0 Å². The van der Waals surface area contributed by atoms with Gasteiger partial charge in [-0.3, -0.25) is 0 Å². The molecule has 1 aliphatic heterocycles. The molecule has 1 saturated heterocycles. The number of likely N-dealkylation sites (tertiary alicyclic amines) is 1. The number of nitrogens with two attached hydrogens (primary N) is 1. The molecule has 2 aliphatic rings. The van der Waals surface area contributed by atoms with E-state index in [-0.39, 0.29) is 12.4 Å². The standard InChI is InChI=1S/C8H16N2.ClH/c1-10-4-6-2-8(9)3-7(6)5-10;/h6-8H,2-5,9H2,1H3;1H. The molecule has 3 heteroatoms. The minimum absolute atomic E-state index is 0. The van der Waals surface area contributed by atoms with Crippen LogP contribution in [0.15, 0.2) is 0 Å². The van der Waals surface area contributed by atoms with Crippen molar-refractivity contribution in [3.63, 3.8) is 0 Å². The molecule has 0 radical (unpaired) electrons. The zero-order valence-electron chi connectivity index (χ0n) is 6.99. The largest absolute Gasteiger partial charge is 0.328 e. The highest BCUT2D eigenvalue weighted by Gasteiger charge is 2.37. The van der Waals surface area contributed by atoms with Gasteiger partial charge in [0, 0.05) is 19.1 Å². The molecule has 0 spiro atoms. The molecule has 2 unspecified atom stereocenters. The van der Waals surface area contributed by atoms with Crippen LogP contribution in [0.1, 0.15) is 12.8 Å². The van der Waals surface area contributed by atoms with Crippen molar-refractivity contribution in [3.05, 3.63) is 0 Å². The SMILES string of the molecule is CN1CC2CC(N)CC2C1.Cl. The van der Waals surface area contributed by atoms with E-state index in [1.807, 2.05) is 0 Å². The van der Waals surface area contributed by atoms with Gasteiger partial charge in [0.2, 0.25) is 0 Å². The van der Waals surface area contributed by atoms with E-state index in [1.54, 1.807) is 0 Å². The molecular formula is C8H17ClN2. The van der Waals surface area contributed by atoms with Gasteiger partial charge in [-0.05, 0) is 31.7 Å². The molecular weight excluding hydrogens is 160 g/mol. The van der Waals surface area contributed by atoms with Gasteiger partial charge in [0.05, 0.1) is 0 Å². The third-order valence-corrected chi connectivity index (χ3v) is 2.97. The maximum Gasteiger partial charge on any atom is 0.00452 e. The molecule has 1 heterocycles. The zero-order valence-corrected chi connectivity index (χ0v) is 7.81. The topological polar surface area (TPSA) is 29.3 Å². The Balaban J connectivity index is 0.000000605. The average Bonchev–Trinajstić information content (AvgIpc) is 2.21. The minimum atomic E-state index is 0. The number of hydrogen-bond acceptors (Lipinski definition) is 2. The summed E-state index contributed by atoms with van der Waals surface area (Å²) in [5, 5.41) is 0. The van der Waals surface area contributed by atoms with E-state index < -0.39 is 0 Å². The van der Waals surface area contributed by atoms with E-state index >= 15 is 0 Å². The van der Waals surface area contributed by atoms with E-state index in [9.17, 15) is 0 Å². The van der Waals surface area contributed by atoms with Gasteiger partial charge in [-0.25, -0.2) is 0 Å². The number of nitrogens with zero attached hydrogens (tertiary/aromatic N) is 1. The van der Waals surface area contributed by atoms with Crippen molar-refractivity contribution < 1.29 is 0 Å². The van der Waals surface area contributed by atoms with Gasteiger partial charge in [0.25, 0.3) is 0 Å². The predicted octanol–water partition coefficient (Wildman–Crippen LogP) is 0.707. The summed E-state index contributed by atoms with van der Waals surface area (Å²) in [5.41, 5.74) is 5.85. The normalized spacial score (nSPS) is 43.6. The van der Waals surface area contributed by atoms with Crippen LogP contribution in [-0.4, -0.2) is 31.1 Å². The van der Waals surface area contributed by atoms with Gasteiger partial charge >= 0.3 is 0 Å². The number of fused-ring (bicyclic) bond motifs is 1. The fraction of sp³-hybridized carbons (Fsp3) is 1.00. The lowest BCUT2D eigenvalue weighted by Crippen LogP contribution is -2.22. The van der Waals surface area contributed by atoms with Crippen LogP contribution in [0.25, 0.3) is 0 Å². The van der Waals surface area contributed by atoms with Crippen LogP contribution in [0.5, 0.6) is 0 Å². The molecule has 2 rings (SSSR count). The first kappa shape index (κ1) is 9.30. The van der Waals surface area contributed by atoms with Crippen LogP contribution < -0.4 is 5.73 Å². The summed E-state index contributed by atoms with van der Waals surface area (Å²) >= 11 is 0. The van der Waals surface area contributed by atoms with Gasteiger partial charge in [0.15, 0.2) is 0 Å². The van der Waals surface area contributed by atoms with E-state index in [4.69, 9.17) is 5.73 Å². The molecule has 0 amide bonds. The molecule has 2 atom stereocenters. The Morgan fingerprint density at radius 1 is 1.18 bits per heavy atom. The van der Waals surface area contributed by atoms with Gasteiger partial charge in [0.1, 0.15) is 0 Å². The number of halogens is 1. The van der Waals surface area contributed by atoms with E-state index in [0.717, 1.165) is 11.8 Å². The fourth-order valence-corrected chi connectivity index (χ4v) is 2.58. The molecule has 1 saturated carbocycles. The fourth-order valence-electron chi connectivity index (χ4n) is 2.58. The molecule has 11 heavy (non-hydrogen) atoms. The highest BCUT2D eigenvalue weighted by atomic mass is 35.5. The van der Waals surface area contributed by atoms with E-state index in [1.165, 1.54) is 25.9 Å². The van der Waals surface area contributed by atoms with Crippen molar-refractivity contribution in [2.75, 3.05) is 20.1 Å². The highest BCUT2D eigenvalue weighted by Crippen LogP contribution is 2.36. The van der Waals surface area contributed by atoms with Crippen molar-refractivity contribution >= 4 is 12.4 Å². The first-order chi connectivity index (χ1) is 4.75. The summed E-state index contributed by atoms with van der Waals surface area (Å²) in [6, 6.07) is 0.517. The molecule has 66 valence electrons. The predicted molar refractivity (Wildman–Crippen MR) is 48.9 cm³/mol. The molecule has 0 aromatic rings. The van der Waals surface area contributed by atoms with Crippen molar-refractivity contribution in [2.24, 2.45) is 17.6 Å². The van der Waals surface area contributed by atoms with Crippen LogP contribution in [0, 0.1) is 11.8 Å². The first-order valence-corrected chi connectivity index (χ1v) is 4.20.